The van der Waals surface area contributed by atoms with Crippen LogP contribution in [-0.4, -0.2) is 38.7 Å². The van der Waals surface area contributed by atoms with Crippen molar-refractivity contribution in [2.24, 2.45) is 0 Å². The molecule has 0 aliphatic heterocycles. The molecule has 1 amide bonds. The van der Waals surface area contributed by atoms with E-state index < -0.39 is 11.7 Å². The molecule has 0 radical (unpaired) electrons. The molecule has 1 aromatic heterocycles. The van der Waals surface area contributed by atoms with E-state index >= 15 is 0 Å². The number of aromatic nitrogens is 2. The molecule has 1 saturated carbocycles. The van der Waals surface area contributed by atoms with Crippen molar-refractivity contribution in [3.05, 3.63) is 18.0 Å². The molecule has 6 nitrogen and oxygen atoms in total. The van der Waals surface area contributed by atoms with Crippen molar-refractivity contribution < 1.29 is 14.6 Å². The molecule has 0 aromatic carbocycles. The van der Waals surface area contributed by atoms with Crippen molar-refractivity contribution in [1.29, 1.82) is 0 Å². The number of hydrogen-bond acceptors (Lipinski definition) is 4. The topological polar surface area (TPSA) is 76.4 Å². The van der Waals surface area contributed by atoms with E-state index in [0.29, 0.717) is 25.2 Å². The van der Waals surface area contributed by atoms with Crippen LogP contribution >= 0.6 is 0 Å². The first-order valence-electron chi connectivity index (χ1n) is 8.37. The summed E-state index contributed by atoms with van der Waals surface area (Å²) in [7, 11) is 0. The van der Waals surface area contributed by atoms with Crippen LogP contribution in [0.5, 0.6) is 0 Å². The first-order chi connectivity index (χ1) is 10.7. The number of nitrogens with one attached hydrogen (secondary N) is 1. The van der Waals surface area contributed by atoms with Gasteiger partial charge in [-0.25, -0.2) is 4.79 Å². The normalized spacial score (nSPS) is 25.4. The minimum Gasteiger partial charge on any atom is -0.444 e. The van der Waals surface area contributed by atoms with Crippen molar-refractivity contribution in [3.8, 4) is 0 Å². The molecule has 1 aliphatic carbocycles. The van der Waals surface area contributed by atoms with Crippen LogP contribution in [0.15, 0.2) is 12.4 Å². The molecule has 23 heavy (non-hydrogen) atoms. The fourth-order valence-corrected chi connectivity index (χ4v) is 2.88. The minimum atomic E-state index is -0.524. The highest BCUT2D eigenvalue weighted by atomic mass is 16.6. The molecular formula is C17H29N3O3. The van der Waals surface area contributed by atoms with Gasteiger partial charge in [0.1, 0.15) is 5.60 Å². The Hall–Kier alpha value is -1.56. The van der Waals surface area contributed by atoms with Gasteiger partial charge in [0.2, 0.25) is 0 Å². The van der Waals surface area contributed by atoms with Crippen LogP contribution in [0.2, 0.25) is 0 Å². The Morgan fingerprint density at radius 3 is 2.70 bits per heavy atom. The standard InChI is InChI=1S/C17H29N3O3/c1-11(2)12-9-18-20(10-12)15-8-13(21)6-7-14(15)19-16(22)23-17(3,4)5/h9-11,13-15,21H,6-8H2,1-5H3,(H,19,22). The molecule has 2 N–H and O–H groups in total. The number of rotatable bonds is 3. The van der Waals surface area contributed by atoms with Gasteiger partial charge in [0.05, 0.1) is 24.4 Å². The second-order valence-electron chi connectivity index (χ2n) is 7.70. The predicted octanol–water partition coefficient (Wildman–Crippen LogP) is 2.99. The monoisotopic (exact) mass is 323 g/mol. The van der Waals surface area contributed by atoms with Gasteiger partial charge in [0.15, 0.2) is 0 Å². The molecule has 1 aromatic rings. The predicted molar refractivity (Wildman–Crippen MR) is 88.4 cm³/mol. The zero-order chi connectivity index (χ0) is 17.2. The minimum absolute atomic E-state index is 0.0567. The highest BCUT2D eigenvalue weighted by Crippen LogP contribution is 2.30. The molecule has 1 fully saturated rings. The van der Waals surface area contributed by atoms with Crippen LogP contribution in [0.25, 0.3) is 0 Å². The Morgan fingerprint density at radius 2 is 2.13 bits per heavy atom. The van der Waals surface area contributed by atoms with Crippen LogP contribution in [0.4, 0.5) is 4.79 Å². The summed E-state index contributed by atoms with van der Waals surface area (Å²) in [5.74, 6) is 0.398. The van der Waals surface area contributed by atoms with Crippen molar-refractivity contribution in [2.75, 3.05) is 0 Å². The van der Waals surface area contributed by atoms with Crippen LogP contribution < -0.4 is 5.32 Å². The Labute approximate surface area is 138 Å². The Balaban J connectivity index is 2.10. The highest BCUT2D eigenvalue weighted by molar-refractivity contribution is 5.68. The van der Waals surface area contributed by atoms with E-state index in [1.165, 1.54) is 0 Å². The lowest BCUT2D eigenvalue weighted by Gasteiger charge is -2.35. The summed E-state index contributed by atoms with van der Waals surface area (Å²) in [6.45, 7) is 9.77. The second-order valence-corrected chi connectivity index (χ2v) is 7.70. The van der Waals surface area contributed by atoms with Gasteiger partial charge in [0.25, 0.3) is 0 Å². The molecule has 1 aliphatic rings. The number of nitrogens with zero attached hydrogens (tertiary/aromatic N) is 2. The SMILES string of the molecule is CC(C)c1cnn(C2CC(O)CCC2NC(=O)OC(C)(C)C)c1. The molecule has 130 valence electrons. The van der Waals surface area contributed by atoms with E-state index in [1.54, 1.807) is 0 Å². The van der Waals surface area contributed by atoms with Crippen molar-refractivity contribution >= 4 is 6.09 Å². The fourth-order valence-electron chi connectivity index (χ4n) is 2.88. The third-order valence-corrected chi connectivity index (χ3v) is 4.12. The largest absolute Gasteiger partial charge is 0.444 e. The highest BCUT2D eigenvalue weighted by Gasteiger charge is 2.33. The molecule has 0 bridgehead atoms. The molecule has 0 saturated heterocycles. The summed E-state index contributed by atoms with van der Waals surface area (Å²) in [6, 6.07) is -0.146. The summed E-state index contributed by atoms with van der Waals surface area (Å²) in [5.41, 5.74) is 0.630. The summed E-state index contributed by atoms with van der Waals surface area (Å²) in [4.78, 5) is 12.1. The van der Waals surface area contributed by atoms with E-state index in [9.17, 15) is 9.90 Å². The molecular weight excluding hydrogens is 294 g/mol. The van der Waals surface area contributed by atoms with Crippen LogP contribution in [-0.2, 0) is 4.74 Å². The first kappa shape index (κ1) is 17.8. The van der Waals surface area contributed by atoms with E-state index in [0.717, 1.165) is 5.56 Å². The third-order valence-electron chi connectivity index (χ3n) is 4.12. The van der Waals surface area contributed by atoms with Gasteiger partial charge >= 0.3 is 6.09 Å². The smallest absolute Gasteiger partial charge is 0.407 e. The fraction of sp³-hybridized carbons (Fsp3) is 0.765. The lowest BCUT2D eigenvalue weighted by atomic mass is 9.88. The molecule has 6 heteroatoms. The van der Waals surface area contributed by atoms with E-state index in [-0.39, 0.29) is 18.2 Å². The maximum absolute atomic E-state index is 12.1. The lowest BCUT2D eigenvalue weighted by molar-refractivity contribution is 0.0387. The number of carbonyl (C=O) groups is 1. The van der Waals surface area contributed by atoms with Crippen LogP contribution in [0, 0.1) is 0 Å². The molecule has 2 rings (SSSR count). The average molecular weight is 323 g/mol. The number of hydrogen-bond donors (Lipinski definition) is 2. The van der Waals surface area contributed by atoms with Crippen molar-refractivity contribution in [2.45, 2.75) is 83.6 Å². The van der Waals surface area contributed by atoms with Crippen molar-refractivity contribution in [1.82, 2.24) is 15.1 Å². The number of amides is 1. The maximum Gasteiger partial charge on any atom is 0.407 e. The molecule has 1 heterocycles. The molecule has 3 unspecified atom stereocenters. The summed E-state index contributed by atoms with van der Waals surface area (Å²) in [6.07, 6.45) is 5.06. The van der Waals surface area contributed by atoms with Gasteiger partial charge in [0, 0.05) is 6.20 Å². The van der Waals surface area contributed by atoms with Gasteiger partial charge in [-0.05, 0) is 51.5 Å². The zero-order valence-corrected chi connectivity index (χ0v) is 14.7. The number of ether oxygens (including phenoxy) is 1. The Bertz CT molecular complexity index is 533. The first-order valence-corrected chi connectivity index (χ1v) is 8.37. The van der Waals surface area contributed by atoms with Gasteiger partial charge in [-0.15, -0.1) is 0 Å². The quantitative estimate of drug-likeness (QED) is 0.896. The Morgan fingerprint density at radius 1 is 1.43 bits per heavy atom. The summed E-state index contributed by atoms with van der Waals surface area (Å²) in [5, 5.41) is 17.4. The number of alkyl carbamates (subject to hydrolysis) is 1. The van der Waals surface area contributed by atoms with Gasteiger partial charge in [-0.2, -0.15) is 5.10 Å². The van der Waals surface area contributed by atoms with Gasteiger partial charge in [-0.1, -0.05) is 13.8 Å². The second kappa shape index (κ2) is 6.91. The van der Waals surface area contributed by atoms with E-state index in [1.807, 2.05) is 37.8 Å². The van der Waals surface area contributed by atoms with E-state index in [4.69, 9.17) is 4.74 Å². The number of aliphatic hydroxyl groups excluding tert-OH is 1. The number of carbonyl (C=O) groups excluding carboxylic acids is 1. The maximum atomic E-state index is 12.1. The average Bonchev–Trinajstić information content (AvgIpc) is 2.88. The van der Waals surface area contributed by atoms with Gasteiger partial charge in [-0.3, -0.25) is 4.68 Å². The van der Waals surface area contributed by atoms with E-state index in [2.05, 4.69) is 24.3 Å². The third kappa shape index (κ3) is 4.96. The van der Waals surface area contributed by atoms with Crippen LogP contribution in [0.1, 0.15) is 71.4 Å². The van der Waals surface area contributed by atoms with Crippen LogP contribution in [0.3, 0.4) is 0 Å². The number of aliphatic hydroxyl groups is 1. The summed E-state index contributed by atoms with van der Waals surface area (Å²) < 4.78 is 7.23. The zero-order valence-electron chi connectivity index (χ0n) is 14.7. The molecule has 3 atom stereocenters. The Kier molecular flexibility index (Phi) is 5.34. The molecule has 0 spiro atoms. The summed E-state index contributed by atoms with van der Waals surface area (Å²) >= 11 is 0. The van der Waals surface area contributed by atoms with Gasteiger partial charge < -0.3 is 15.2 Å². The lowest BCUT2D eigenvalue weighted by Crippen LogP contribution is -2.47. The van der Waals surface area contributed by atoms with Crippen molar-refractivity contribution in [3.63, 3.8) is 0 Å².